The molecule has 3 heterocycles. The number of rotatable bonds is 5. The minimum absolute atomic E-state index is 0.0849. The quantitative estimate of drug-likeness (QED) is 0.717. The molecule has 1 N–H and O–H groups in total. The van der Waals surface area contributed by atoms with Crippen LogP contribution in [0.25, 0.3) is 10.2 Å². The van der Waals surface area contributed by atoms with Crippen LogP contribution >= 0.6 is 11.3 Å². The van der Waals surface area contributed by atoms with Crippen LogP contribution in [0.4, 0.5) is 0 Å². The molecule has 5 atom stereocenters. The van der Waals surface area contributed by atoms with Gasteiger partial charge in [0, 0.05) is 19.0 Å². The van der Waals surface area contributed by atoms with Gasteiger partial charge in [-0.3, -0.25) is 14.2 Å². The number of thiophene rings is 1. The van der Waals surface area contributed by atoms with Gasteiger partial charge in [0.2, 0.25) is 0 Å². The molecule has 0 aromatic carbocycles. The molecule has 0 spiro atoms. The number of aromatic nitrogens is 2. The fourth-order valence-corrected chi connectivity index (χ4v) is 6.97. The molecule has 1 aliphatic heterocycles. The van der Waals surface area contributed by atoms with Crippen LogP contribution in [0, 0.1) is 24.7 Å². The third-order valence-corrected chi connectivity index (χ3v) is 8.72. The first kappa shape index (κ1) is 20.7. The first-order valence-electron chi connectivity index (χ1n) is 11.4. The van der Waals surface area contributed by atoms with Gasteiger partial charge in [0.1, 0.15) is 15.5 Å². The van der Waals surface area contributed by atoms with Crippen LogP contribution in [0.15, 0.2) is 4.79 Å². The number of aryl methyl sites for hydroxylation is 2. The molecular weight excluding hydrogens is 414 g/mol. The van der Waals surface area contributed by atoms with Crippen molar-refractivity contribution in [1.29, 1.82) is 0 Å². The van der Waals surface area contributed by atoms with Gasteiger partial charge < -0.3 is 10.1 Å². The first-order valence-corrected chi connectivity index (χ1v) is 12.2. The maximum atomic E-state index is 12.8. The number of hydrogen-bond donors (Lipinski definition) is 1. The molecule has 1 amide bonds. The summed E-state index contributed by atoms with van der Waals surface area (Å²) >= 11 is 1.18. The normalized spacial score (nSPS) is 26.1. The van der Waals surface area contributed by atoms with Crippen LogP contribution in [0.2, 0.25) is 0 Å². The van der Waals surface area contributed by atoms with E-state index < -0.39 is 12.1 Å². The van der Waals surface area contributed by atoms with Gasteiger partial charge in [0.25, 0.3) is 11.5 Å². The third-order valence-electron chi connectivity index (χ3n) is 7.55. The summed E-state index contributed by atoms with van der Waals surface area (Å²) in [6.45, 7) is 6.09. The molecular formula is C23H29N3O4S. The molecule has 166 valence electrons. The smallest absolute Gasteiger partial charge is 0.349 e. The Bertz CT molecular complexity index is 1120. The predicted octanol–water partition coefficient (Wildman–Crippen LogP) is 3.20. The lowest BCUT2D eigenvalue weighted by Crippen LogP contribution is -2.45. The van der Waals surface area contributed by atoms with E-state index in [4.69, 9.17) is 4.74 Å². The molecule has 2 bridgehead atoms. The average molecular weight is 444 g/mol. The Balaban J connectivity index is 1.28. The van der Waals surface area contributed by atoms with Crippen molar-refractivity contribution in [1.82, 2.24) is 14.9 Å². The Kier molecular flexibility index (Phi) is 5.15. The van der Waals surface area contributed by atoms with E-state index in [9.17, 15) is 14.4 Å². The standard InChI is InChI=1S/C23H29N3O4S/c1-11-18-21(25-17-5-4-8-26(17)22(18)28)31-19(11)23(29)30-13(3)20(27)24-12(2)16-10-14-6-7-15(16)9-14/h12-16H,4-10H2,1-3H3,(H,24,27)/t12-,13+,14+,15+,16-/m0/s1. The fraction of sp³-hybridized carbons (Fsp3) is 0.652. The maximum absolute atomic E-state index is 12.8. The van der Waals surface area contributed by atoms with Crippen LogP contribution in [-0.2, 0) is 22.5 Å². The second-order valence-corrected chi connectivity index (χ2v) is 10.5. The second-order valence-electron chi connectivity index (χ2n) is 9.51. The molecule has 2 saturated carbocycles. The van der Waals surface area contributed by atoms with Crippen LogP contribution in [-0.4, -0.2) is 33.6 Å². The summed E-state index contributed by atoms with van der Waals surface area (Å²) in [6, 6.07) is 0.0849. The monoisotopic (exact) mass is 443 g/mol. The van der Waals surface area contributed by atoms with Crippen molar-refractivity contribution < 1.29 is 14.3 Å². The SMILES string of the molecule is Cc1c(C(=O)O[C@H](C)C(=O)N[C@@H](C)[C@@H]2C[C@@H]3CC[C@@H]2C3)sc2nc3n(c(=O)c12)CCC3. The predicted molar refractivity (Wildman–Crippen MR) is 118 cm³/mol. The summed E-state index contributed by atoms with van der Waals surface area (Å²) in [5.74, 6) is 2.00. The Morgan fingerprint density at radius 2 is 2.06 bits per heavy atom. The molecule has 2 aromatic heterocycles. The zero-order chi connectivity index (χ0) is 21.9. The highest BCUT2D eigenvalue weighted by Crippen LogP contribution is 2.49. The van der Waals surface area contributed by atoms with E-state index in [2.05, 4.69) is 17.2 Å². The lowest BCUT2D eigenvalue weighted by molar-refractivity contribution is -0.130. The summed E-state index contributed by atoms with van der Waals surface area (Å²) in [4.78, 5) is 43.9. The Morgan fingerprint density at radius 3 is 2.77 bits per heavy atom. The number of carbonyl (C=O) groups excluding carboxylic acids is 2. The van der Waals surface area contributed by atoms with Gasteiger partial charge >= 0.3 is 5.97 Å². The molecule has 2 fully saturated rings. The summed E-state index contributed by atoms with van der Waals surface area (Å²) in [5.41, 5.74) is 0.503. The van der Waals surface area contributed by atoms with Gasteiger partial charge in [0.05, 0.1) is 5.39 Å². The Hall–Kier alpha value is -2.22. The van der Waals surface area contributed by atoms with Crippen LogP contribution < -0.4 is 10.9 Å². The lowest BCUT2D eigenvalue weighted by atomic mass is 9.84. The average Bonchev–Trinajstić information content (AvgIpc) is 3.51. The number of nitrogens with one attached hydrogen (secondary N) is 1. The topological polar surface area (TPSA) is 90.3 Å². The van der Waals surface area contributed by atoms with Gasteiger partial charge in [-0.25, -0.2) is 9.78 Å². The molecule has 3 aliphatic rings. The van der Waals surface area contributed by atoms with Crippen molar-refractivity contribution >= 4 is 33.4 Å². The van der Waals surface area contributed by atoms with Gasteiger partial charge in [0.15, 0.2) is 6.10 Å². The molecule has 31 heavy (non-hydrogen) atoms. The second kappa shape index (κ2) is 7.73. The lowest BCUT2D eigenvalue weighted by Gasteiger charge is -2.29. The van der Waals surface area contributed by atoms with Gasteiger partial charge in [-0.05, 0) is 69.8 Å². The number of nitrogens with zero attached hydrogens (tertiary/aromatic N) is 2. The number of ether oxygens (including phenoxy) is 1. The number of amides is 1. The molecule has 0 unspecified atom stereocenters. The van der Waals surface area contributed by atoms with Crippen molar-refractivity contribution in [2.75, 3.05) is 0 Å². The van der Waals surface area contributed by atoms with Crippen LogP contribution in [0.3, 0.4) is 0 Å². The molecule has 8 heteroatoms. The minimum Gasteiger partial charge on any atom is -0.448 e. The Morgan fingerprint density at radius 1 is 1.26 bits per heavy atom. The van der Waals surface area contributed by atoms with Gasteiger partial charge in [-0.1, -0.05) is 6.42 Å². The van der Waals surface area contributed by atoms with Crippen LogP contribution in [0.5, 0.6) is 0 Å². The van der Waals surface area contributed by atoms with Crippen molar-refractivity contribution in [3.63, 3.8) is 0 Å². The first-order chi connectivity index (χ1) is 14.8. The number of fused-ring (bicyclic) bond motifs is 4. The molecule has 0 saturated heterocycles. The zero-order valence-corrected chi connectivity index (χ0v) is 19.1. The highest BCUT2D eigenvalue weighted by atomic mass is 32.1. The summed E-state index contributed by atoms with van der Waals surface area (Å²) < 4.78 is 7.20. The van der Waals surface area contributed by atoms with Crippen molar-refractivity contribution in [3.8, 4) is 0 Å². The number of carbonyl (C=O) groups is 2. The number of esters is 1. The molecule has 5 rings (SSSR count). The third kappa shape index (κ3) is 3.49. The van der Waals surface area contributed by atoms with Gasteiger partial charge in [-0.2, -0.15) is 0 Å². The maximum Gasteiger partial charge on any atom is 0.349 e. The number of hydrogen-bond acceptors (Lipinski definition) is 6. The minimum atomic E-state index is -0.891. The Labute approximate surface area is 185 Å². The summed E-state index contributed by atoms with van der Waals surface area (Å²) in [7, 11) is 0. The van der Waals surface area contributed by atoms with E-state index in [0.717, 1.165) is 24.6 Å². The molecule has 2 aliphatic carbocycles. The summed E-state index contributed by atoms with van der Waals surface area (Å²) in [6.07, 6.45) is 5.87. The zero-order valence-electron chi connectivity index (χ0n) is 18.3. The van der Waals surface area contributed by atoms with Crippen molar-refractivity contribution in [2.45, 2.75) is 78.0 Å². The van der Waals surface area contributed by atoms with Crippen molar-refractivity contribution in [2.24, 2.45) is 17.8 Å². The van der Waals surface area contributed by atoms with E-state index >= 15 is 0 Å². The fourth-order valence-electron chi connectivity index (χ4n) is 5.89. The van der Waals surface area contributed by atoms with E-state index in [1.807, 2.05) is 0 Å². The van der Waals surface area contributed by atoms with Crippen molar-refractivity contribution in [3.05, 3.63) is 26.6 Å². The summed E-state index contributed by atoms with van der Waals surface area (Å²) in [5, 5.41) is 3.56. The van der Waals surface area contributed by atoms with E-state index in [1.165, 1.54) is 37.0 Å². The highest BCUT2D eigenvalue weighted by Gasteiger charge is 2.42. The molecule has 0 radical (unpaired) electrons. The van der Waals surface area contributed by atoms with E-state index in [0.29, 0.717) is 39.0 Å². The molecule has 7 nitrogen and oxygen atoms in total. The highest BCUT2D eigenvalue weighted by molar-refractivity contribution is 7.20. The van der Waals surface area contributed by atoms with Crippen LogP contribution in [0.1, 0.15) is 67.0 Å². The van der Waals surface area contributed by atoms with E-state index in [1.54, 1.807) is 18.4 Å². The van der Waals surface area contributed by atoms with Gasteiger partial charge in [-0.15, -0.1) is 11.3 Å². The largest absolute Gasteiger partial charge is 0.448 e. The van der Waals surface area contributed by atoms with E-state index in [-0.39, 0.29) is 17.5 Å². The molecule has 2 aromatic rings.